The van der Waals surface area contributed by atoms with E-state index in [1.54, 1.807) is 42.5 Å². The molecule has 0 aromatic heterocycles. The third-order valence-corrected chi connectivity index (χ3v) is 6.52. The normalized spacial score (nSPS) is 17.5. The minimum Gasteiger partial charge on any atom is -0.496 e. The van der Waals surface area contributed by atoms with E-state index in [1.807, 2.05) is 5.32 Å². The van der Waals surface area contributed by atoms with Crippen molar-refractivity contribution in [1.82, 2.24) is 10.2 Å². The van der Waals surface area contributed by atoms with Crippen molar-refractivity contribution in [2.75, 3.05) is 13.7 Å². The molecule has 2 amide bonds. The smallest absolute Gasteiger partial charge is 0.425 e. The number of hydrogen-bond acceptors (Lipinski definition) is 4. The van der Waals surface area contributed by atoms with Gasteiger partial charge < -0.3 is 15.0 Å². The Kier molecular flexibility index (Phi) is 7.39. The van der Waals surface area contributed by atoms with Gasteiger partial charge in [-0.2, -0.15) is 13.2 Å². The van der Waals surface area contributed by atoms with Gasteiger partial charge in [0.1, 0.15) is 5.75 Å². The predicted molar refractivity (Wildman–Crippen MR) is 135 cm³/mol. The molecule has 0 spiro atoms. The second kappa shape index (κ2) is 10.5. The summed E-state index contributed by atoms with van der Waals surface area (Å²) in [5.74, 6) is -3.63. The molecule has 1 atom stereocenters. The van der Waals surface area contributed by atoms with Crippen LogP contribution >= 0.6 is 0 Å². The molecule has 196 valence electrons. The zero-order valence-electron chi connectivity index (χ0n) is 20.7. The summed E-state index contributed by atoms with van der Waals surface area (Å²) in [7, 11) is 1.27. The molecule has 4 rings (SSSR count). The van der Waals surface area contributed by atoms with Gasteiger partial charge in [0.25, 0.3) is 11.8 Å². The van der Waals surface area contributed by atoms with Gasteiger partial charge in [-0.3, -0.25) is 14.4 Å². The number of nitrogens with zero attached hydrogens (tertiary/aromatic N) is 1. The van der Waals surface area contributed by atoms with Crippen LogP contribution in [0.1, 0.15) is 33.2 Å². The molecule has 0 fully saturated rings. The van der Waals surface area contributed by atoms with Gasteiger partial charge >= 0.3 is 6.18 Å². The molecule has 1 aliphatic heterocycles. The lowest BCUT2D eigenvalue weighted by atomic mass is 9.84. The minimum atomic E-state index is -5.34. The second-order valence-electron chi connectivity index (χ2n) is 8.75. The van der Waals surface area contributed by atoms with Crippen LogP contribution in [0.25, 0.3) is 0 Å². The molecule has 9 heteroatoms. The van der Waals surface area contributed by atoms with Gasteiger partial charge in [-0.15, -0.1) is 0 Å². The number of ketones is 1. The standard InChI is InChI=1S/C29H25F3N2O4/c1-19-24(25(35)21-13-7-4-8-14-21)28(29(30,31)32,33-26(36)22-15-9-10-16-23(22)38-2)27(37)34(19)18-17-20-11-5-3-6-12-20/h3-16H,17-18H2,1-2H3,(H,33,36)/t28-/m0/s1. The summed E-state index contributed by atoms with van der Waals surface area (Å²) in [5.41, 5.74) is -4.06. The molecule has 3 aromatic rings. The van der Waals surface area contributed by atoms with E-state index in [1.165, 1.54) is 56.5 Å². The van der Waals surface area contributed by atoms with E-state index in [0.717, 1.165) is 10.5 Å². The first-order chi connectivity index (χ1) is 18.1. The highest BCUT2D eigenvalue weighted by Crippen LogP contribution is 2.46. The number of rotatable bonds is 8. The highest BCUT2D eigenvalue weighted by molar-refractivity contribution is 6.19. The number of alkyl halides is 3. The van der Waals surface area contributed by atoms with Crippen molar-refractivity contribution in [3.8, 4) is 5.75 Å². The molecule has 0 bridgehead atoms. The summed E-state index contributed by atoms with van der Waals surface area (Å²) in [6.07, 6.45) is -5.10. The lowest BCUT2D eigenvalue weighted by Gasteiger charge is -2.33. The van der Waals surface area contributed by atoms with Crippen molar-refractivity contribution in [2.24, 2.45) is 0 Å². The molecule has 1 aliphatic rings. The number of carbonyl (C=O) groups is 3. The van der Waals surface area contributed by atoms with Gasteiger partial charge in [-0.1, -0.05) is 72.8 Å². The van der Waals surface area contributed by atoms with Gasteiger partial charge in [-0.05, 0) is 31.0 Å². The molecule has 0 aliphatic carbocycles. The molecule has 0 unspecified atom stereocenters. The quantitative estimate of drug-likeness (QED) is 0.424. The van der Waals surface area contributed by atoms with Crippen molar-refractivity contribution in [2.45, 2.75) is 25.1 Å². The van der Waals surface area contributed by atoms with E-state index in [-0.39, 0.29) is 35.5 Å². The SMILES string of the molecule is COc1ccccc1C(=O)N[C@]1(C(F)(F)F)C(=O)N(CCc2ccccc2)C(C)=C1C(=O)c1ccccc1. The minimum absolute atomic E-state index is 0.0188. The van der Waals surface area contributed by atoms with Gasteiger partial charge in [0.15, 0.2) is 5.78 Å². The third-order valence-electron chi connectivity index (χ3n) is 6.52. The van der Waals surface area contributed by atoms with Gasteiger partial charge in [0, 0.05) is 17.8 Å². The molecule has 1 heterocycles. The molecule has 0 saturated heterocycles. The third kappa shape index (κ3) is 4.67. The fourth-order valence-electron chi connectivity index (χ4n) is 4.61. The molecular formula is C29H25F3N2O4. The van der Waals surface area contributed by atoms with Crippen LogP contribution in [-0.2, 0) is 11.2 Å². The summed E-state index contributed by atoms with van der Waals surface area (Å²) >= 11 is 0. The molecule has 1 N–H and O–H groups in total. The first kappa shape index (κ1) is 26.7. The zero-order valence-corrected chi connectivity index (χ0v) is 20.7. The number of halogens is 3. The highest BCUT2D eigenvalue weighted by Gasteiger charge is 2.70. The molecule has 0 saturated carbocycles. The number of methoxy groups -OCH3 is 1. The maximum atomic E-state index is 15.1. The summed E-state index contributed by atoms with van der Waals surface area (Å²) in [6, 6.07) is 22.0. The van der Waals surface area contributed by atoms with Crippen molar-refractivity contribution in [1.29, 1.82) is 0 Å². The average molecular weight is 523 g/mol. The first-order valence-corrected chi connectivity index (χ1v) is 11.8. The van der Waals surface area contributed by atoms with Gasteiger partial charge in [0.05, 0.1) is 18.2 Å². The van der Waals surface area contributed by atoms with Crippen molar-refractivity contribution >= 4 is 17.6 Å². The van der Waals surface area contributed by atoms with E-state index in [0.29, 0.717) is 0 Å². The molecule has 0 radical (unpaired) electrons. The lowest BCUT2D eigenvalue weighted by Crippen LogP contribution is -2.66. The number of para-hydroxylation sites is 1. The Morgan fingerprint density at radius 1 is 0.921 bits per heavy atom. The first-order valence-electron chi connectivity index (χ1n) is 11.8. The van der Waals surface area contributed by atoms with Gasteiger partial charge in [0.2, 0.25) is 5.54 Å². The largest absolute Gasteiger partial charge is 0.496 e. The fraction of sp³-hybridized carbons (Fsp3) is 0.207. The molecular weight excluding hydrogens is 497 g/mol. The van der Waals surface area contributed by atoms with Crippen LogP contribution in [0.5, 0.6) is 5.75 Å². The van der Waals surface area contributed by atoms with E-state index >= 15 is 13.2 Å². The van der Waals surface area contributed by atoms with E-state index in [9.17, 15) is 14.4 Å². The van der Waals surface area contributed by atoms with E-state index < -0.39 is 34.9 Å². The number of carbonyl (C=O) groups excluding carboxylic acids is 3. The monoisotopic (exact) mass is 522 g/mol. The van der Waals surface area contributed by atoms with Crippen LogP contribution in [-0.4, -0.2) is 47.9 Å². The number of ether oxygens (including phenoxy) is 1. The highest BCUT2D eigenvalue weighted by atomic mass is 19.4. The van der Waals surface area contributed by atoms with E-state index in [2.05, 4.69) is 0 Å². The zero-order chi connectivity index (χ0) is 27.5. The Labute approximate surface area is 217 Å². The van der Waals surface area contributed by atoms with Crippen LogP contribution in [0.3, 0.4) is 0 Å². The van der Waals surface area contributed by atoms with Crippen LogP contribution in [0.15, 0.2) is 96.2 Å². The number of hydrogen-bond donors (Lipinski definition) is 1. The molecule has 6 nitrogen and oxygen atoms in total. The molecule has 3 aromatic carbocycles. The lowest BCUT2D eigenvalue weighted by molar-refractivity contribution is -0.189. The number of Topliss-reactive ketones (excluding diaryl/α,β-unsaturated/α-hetero) is 1. The Morgan fingerprint density at radius 3 is 2.11 bits per heavy atom. The Balaban J connectivity index is 1.85. The van der Waals surface area contributed by atoms with Crippen LogP contribution in [0, 0.1) is 0 Å². The van der Waals surface area contributed by atoms with Crippen LogP contribution in [0.2, 0.25) is 0 Å². The molecule has 38 heavy (non-hydrogen) atoms. The van der Waals surface area contributed by atoms with Crippen molar-refractivity contribution in [3.63, 3.8) is 0 Å². The van der Waals surface area contributed by atoms with E-state index in [4.69, 9.17) is 4.74 Å². The van der Waals surface area contributed by atoms with Crippen LogP contribution in [0.4, 0.5) is 13.2 Å². The maximum absolute atomic E-state index is 15.1. The number of nitrogens with one attached hydrogen (secondary N) is 1. The Morgan fingerprint density at radius 2 is 1.50 bits per heavy atom. The number of amides is 2. The fourth-order valence-corrected chi connectivity index (χ4v) is 4.61. The average Bonchev–Trinajstić information content (AvgIpc) is 3.13. The van der Waals surface area contributed by atoms with Crippen molar-refractivity contribution in [3.05, 3.63) is 113 Å². The van der Waals surface area contributed by atoms with Gasteiger partial charge in [-0.25, -0.2) is 0 Å². The maximum Gasteiger partial charge on any atom is 0.425 e. The summed E-state index contributed by atoms with van der Waals surface area (Å²) in [6.45, 7) is 1.17. The summed E-state index contributed by atoms with van der Waals surface area (Å²) in [4.78, 5) is 41.6. The van der Waals surface area contributed by atoms with Crippen molar-refractivity contribution < 1.29 is 32.3 Å². The predicted octanol–water partition coefficient (Wildman–Crippen LogP) is 4.97. The Bertz CT molecular complexity index is 1390. The Hall–Kier alpha value is -4.40. The topological polar surface area (TPSA) is 75.7 Å². The number of benzene rings is 3. The van der Waals surface area contributed by atoms with Crippen LogP contribution < -0.4 is 10.1 Å². The number of allylic oxidation sites excluding steroid dienone is 1. The second-order valence-corrected chi connectivity index (χ2v) is 8.75. The summed E-state index contributed by atoms with van der Waals surface area (Å²) < 4.78 is 50.4. The summed E-state index contributed by atoms with van der Waals surface area (Å²) in [5, 5.41) is 1.92.